The molecule has 0 saturated carbocycles. The van der Waals surface area contributed by atoms with Crippen LogP contribution in [-0.4, -0.2) is 7.11 Å². The van der Waals surface area contributed by atoms with Gasteiger partial charge in [0.2, 0.25) is 0 Å². The van der Waals surface area contributed by atoms with Crippen molar-refractivity contribution in [2.75, 3.05) is 7.11 Å². The molecular weight excluding hydrogens is 144 g/mol. The van der Waals surface area contributed by atoms with Gasteiger partial charge in [-0.15, -0.1) is 0 Å². The molecule has 1 aromatic rings. The first-order chi connectivity index (χ1) is 4.86. The fraction of sp³-hybridized carbons (Fsp3) is 0.250. The van der Waals surface area contributed by atoms with Gasteiger partial charge in [-0.1, -0.05) is 6.07 Å². The van der Waals surface area contributed by atoms with Gasteiger partial charge in [0.25, 0.3) is 0 Å². The zero-order valence-corrected chi connectivity index (χ0v) is 6.69. The van der Waals surface area contributed by atoms with E-state index in [1.165, 1.54) is 0 Å². The van der Waals surface area contributed by atoms with Crippen molar-refractivity contribution in [2.45, 2.75) is 5.75 Å². The number of hydrogen-bond acceptors (Lipinski definition) is 2. The largest absolute Gasteiger partial charge is 0.497 e. The maximum absolute atomic E-state index is 5.00. The smallest absolute Gasteiger partial charge is 0.119 e. The minimum absolute atomic E-state index is 0.706. The van der Waals surface area contributed by atoms with Gasteiger partial charge >= 0.3 is 0 Å². The molecule has 0 saturated heterocycles. The van der Waals surface area contributed by atoms with E-state index in [-0.39, 0.29) is 0 Å². The molecule has 0 amide bonds. The lowest BCUT2D eigenvalue weighted by molar-refractivity contribution is 0.414. The summed E-state index contributed by atoms with van der Waals surface area (Å²) in [6.45, 7) is 0. The quantitative estimate of drug-likeness (QED) is 0.639. The van der Waals surface area contributed by atoms with Gasteiger partial charge in [-0.25, -0.2) is 0 Å². The van der Waals surface area contributed by atoms with Crippen LogP contribution in [0.1, 0.15) is 5.56 Å². The Morgan fingerprint density at radius 1 is 1.70 bits per heavy atom. The predicted octanol–water partition coefficient (Wildman–Crippen LogP) is 1.93. The SMILES string of the molecule is COc1cc[c]c(CS)c1. The number of rotatable bonds is 2. The van der Waals surface area contributed by atoms with Crippen LogP contribution in [0.25, 0.3) is 0 Å². The molecule has 0 aliphatic heterocycles. The Labute approximate surface area is 66.4 Å². The van der Waals surface area contributed by atoms with Crippen molar-refractivity contribution in [3.63, 3.8) is 0 Å². The molecule has 0 heterocycles. The molecule has 53 valence electrons. The zero-order chi connectivity index (χ0) is 7.40. The van der Waals surface area contributed by atoms with E-state index in [1.54, 1.807) is 7.11 Å². The van der Waals surface area contributed by atoms with E-state index >= 15 is 0 Å². The molecule has 0 aliphatic rings. The van der Waals surface area contributed by atoms with Gasteiger partial charge in [-0.05, 0) is 23.8 Å². The van der Waals surface area contributed by atoms with E-state index in [2.05, 4.69) is 18.7 Å². The zero-order valence-electron chi connectivity index (χ0n) is 5.79. The average Bonchev–Trinajstić information content (AvgIpc) is 2.05. The molecule has 1 rings (SSSR count). The van der Waals surface area contributed by atoms with Crippen molar-refractivity contribution < 1.29 is 4.74 Å². The summed E-state index contributed by atoms with van der Waals surface area (Å²) in [5.41, 5.74) is 1.06. The highest BCUT2D eigenvalue weighted by Crippen LogP contribution is 2.12. The first-order valence-corrected chi connectivity index (χ1v) is 3.65. The number of methoxy groups -OCH3 is 1. The molecular formula is C8H9OS. The standard InChI is InChI=1S/C8H9OS/c1-9-8-4-2-3-7(5-8)6-10/h2,4-5,10H,6H2,1H3. The Bertz CT molecular complexity index is 191. The maximum atomic E-state index is 5.00. The van der Waals surface area contributed by atoms with Crippen molar-refractivity contribution in [2.24, 2.45) is 0 Å². The van der Waals surface area contributed by atoms with E-state index < -0.39 is 0 Å². The van der Waals surface area contributed by atoms with Crippen LogP contribution in [0.2, 0.25) is 0 Å². The van der Waals surface area contributed by atoms with E-state index in [0.29, 0.717) is 5.75 Å². The summed E-state index contributed by atoms with van der Waals surface area (Å²) in [5, 5.41) is 0. The van der Waals surface area contributed by atoms with Gasteiger partial charge in [0, 0.05) is 5.75 Å². The summed E-state index contributed by atoms with van der Waals surface area (Å²) >= 11 is 4.11. The molecule has 2 heteroatoms. The topological polar surface area (TPSA) is 9.23 Å². The monoisotopic (exact) mass is 153 g/mol. The highest BCUT2D eigenvalue weighted by atomic mass is 32.1. The van der Waals surface area contributed by atoms with Crippen LogP contribution in [0.4, 0.5) is 0 Å². The predicted molar refractivity (Wildman–Crippen MR) is 44.5 cm³/mol. The number of benzene rings is 1. The molecule has 0 aromatic heterocycles. The van der Waals surface area contributed by atoms with Crippen LogP contribution in [0.3, 0.4) is 0 Å². The molecule has 10 heavy (non-hydrogen) atoms. The van der Waals surface area contributed by atoms with Gasteiger partial charge in [-0.2, -0.15) is 12.6 Å². The first kappa shape index (κ1) is 7.48. The summed E-state index contributed by atoms with van der Waals surface area (Å²) in [5.74, 6) is 1.57. The lowest BCUT2D eigenvalue weighted by Gasteiger charge is -1.99. The Kier molecular flexibility index (Phi) is 2.63. The maximum Gasteiger partial charge on any atom is 0.119 e. The third-order valence-electron chi connectivity index (χ3n) is 1.24. The second kappa shape index (κ2) is 3.52. The molecule has 0 spiro atoms. The second-order valence-corrected chi connectivity index (χ2v) is 2.23. The number of thiol groups is 1. The van der Waals surface area contributed by atoms with Crippen molar-refractivity contribution in [3.05, 3.63) is 29.8 Å². The summed E-state index contributed by atoms with van der Waals surface area (Å²) in [6.07, 6.45) is 0. The summed E-state index contributed by atoms with van der Waals surface area (Å²) < 4.78 is 5.00. The van der Waals surface area contributed by atoms with Gasteiger partial charge < -0.3 is 4.74 Å². The van der Waals surface area contributed by atoms with Crippen LogP contribution < -0.4 is 4.74 Å². The van der Waals surface area contributed by atoms with Crippen LogP contribution in [-0.2, 0) is 5.75 Å². The van der Waals surface area contributed by atoms with Gasteiger partial charge in [0.15, 0.2) is 0 Å². The lowest BCUT2D eigenvalue weighted by Crippen LogP contribution is -1.83. The molecule has 0 fully saturated rings. The molecule has 0 bridgehead atoms. The number of hydrogen-bond donors (Lipinski definition) is 1. The van der Waals surface area contributed by atoms with Gasteiger partial charge in [0.05, 0.1) is 7.11 Å². The van der Waals surface area contributed by atoms with Crippen molar-refractivity contribution >= 4 is 12.6 Å². The molecule has 0 atom stereocenters. The second-order valence-electron chi connectivity index (χ2n) is 1.91. The summed E-state index contributed by atoms with van der Waals surface area (Å²) in [6, 6.07) is 8.67. The van der Waals surface area contributed by atoms with Crippen molar-refractivity contribution in [1.82, 2.24) is 0 Å². The molecule has 0 unspecified atom stereocenters. The van der Waals surface area contributed by atoms with E-state index in [9.17, 15) is 0 Å². The average molecular weight is 153 g/mol. The summed E-state index contributed by atoms with van der Waals surface area (Å²) in [4.78, 5) is 0. The van der Waals surface area contributed by atoms with E-state index in [0.717, 1.165) is 11.3 Å². The Balaban J connectivity index is 2.87. The summed E-state index contributed by atoms with van der Waals surface area (Å²) in [7, 11) is 1.65. The Morgan fingerprint density at radius 2 is 2.50 bits per heavy atom. The first-order valence-electron chi connectivity index (χ1n) is 3.02. The Morgan fingerprint density at radius 3 is 3.10 bits per heavy atom. The third-order valence-corrected chi connectivity index (χ3v) is 1.58. The van der Waals surface area contributed by atoms with Gasteiger partial charge in [0.1, 0.15) is 5.75 Å². The molecule has 1 nitrogen and oxygen atoms in total. The van der Waals surface area contributed by atoms with E-state index in [1.807, 2.05) is 18.2 Å². The molecule has 0 aliphatic carbocycles. The van der Waals surface area contributed by atoms with Crippen molar-refractivity contribution in [1.29, 1.82) is 0 Å². The number of ether oxygens (including phenoxy) is 1. The Hall–Kier alpha value is -0.630. The van der Waals surface area contributed by atoms with Crippen LogP contribution in [0, 0.1) is 6.07 Å². The van der Waals surface area contributed by atoms with E-state index in [4.69, 9.17) is 4.74 Å². The van der Waals surface area contributed by atoms with Crippen LogP contribution >= 0.6 is 12.6 Å². The van der Waals surface area contributed by atoms with Crippen LogP contribution in [0.15, 0.2) is 18.2 Å². The molecule has 0 N–H and O–H groups in total. The fourth-order valence-electron chi connectivity index (χ4n) is 0.711. The minimum Gasteiger partial charge on any atom is -0.497 e. The van der Waals surface area contributed by atoms with Gasteiger partial charge in [-0.3, -0.25) is 0 Å². The normalized spacial score (nSPS) is 9.40. The third kappa shape index (κ3) is 1.67. The highest BCUT2D eigenvalue weighted by molar-refractivity contribution is 7.79. The fourth-order valence-corrected chi connectivity index (χ4v) is 0.893. The van der Waals surface area contributed by atoms with Crippen molar-refractivity contribution in [3.8, 4) is 5.75 Å². The lowest BCUT2D eigenvalue weighted by atomic mass is 10.2. The minimum atomic E-state index is 0.706. The molecule has 1 aromatic carbocycles. The molecule has 1 radical (unpaired) electrons. The highest BCUT2D eigenvalue weighted by Gasteiger charge is 1.91. The van der Waals surface area contributed by atoms with Crippen LogP contribution in [0.5, 0.6) is 5.75 Å².